The molecular weight excluding hydrogens is 148 g/mol. The molecule has 0 saturated heterocycles. The topological polar surface area (TPSA) is 17.1 Å². The third-order valence-electron chi connectivity index (χ3n) is 2.54. The number of alkyl halides is 1. The van der Waals surface area contributed by atoms with Crippen molar-refractivity contribution in [2.75, 3.05) is 0 Å². The maximum atomic E-state index is 10.4. The Morgan fingerprint density at radius 2 is 2.40 bits per heavy atom. The van der Waals surface area contributed by atoms with Crippen molar-refractivity contribution in [2.24, 2.45) is 11.8 Å². The highest BCUT2D eigenvalue weighted by atomic mass is 35.5. The Hall–Kier alpha value is -0.300. The maximum absolute atomic E-state index is 10.4. The van der Waals surface area contributed by atoms with Gasteiger partial charge in [-0.3, -0.25) is 4.79 Å². The Balaban J connectivity index is 2.24. The summed E-state index contributed by atoms with van der Waals surface area (Å²) in [5.74, 6) is 0.983. The van der Waals surface area contributed by atoms with E-state index in [1.54, 1.807) is 0 Å². The summed E-state index contributed by atoms with van der Waals surface area (Å²) in [6, 6.07) is 0. The van der Waals surface area contributed by atoms with E-state index in [0.717, 1.165) is 24.7 Å². The highest BCUT2D eigenvalue weighted by molar-refractivity contribution is 6.21. The van der Waals surface area contributed by atoms with E-state index < -0.39 is 0 Å². The summed E-state index contributed by atoms with van der Waals surface area (Å²) in [5, 5.41) is 0.300. The molecule has 0 N–H and O–H groups in total. The van der Waals surface area contributed by atoms with E-state index >= 15 is 0 Å². The molecule has 2 aliphatic carbocycles. The molecule has 2 aliphatic rings. The average molecular weight is 157 g/mol. The molecule has 0 aromatic rings. The SMILES string of the molecule is O=CC1=CC2CC1CC2Cl. The van der Waals surface area contributed by atoms with Crippen molar-refractivity contribution in [3.8, 4) is 0 Å². The number of hydrogen-bond donors (Lipinski definition) is 0. The van der Waals surface area contributed by atoms with E-state index in [9.17, 15) is 4.79 Å². The lowest BCUT2D eigenvalue weighted by atomic mass is 10.00. The molecule has 3 atom stereocenters. The summed E-state index contributed by atoms with van der Waals surface area (Å²) in [5.41, 5.74) is 0.988. The van der Waals surface area contributed by atoms with Crippen molar-refractivity contribution < 1.29 is 4.79 Å². The quantitative estimate of drug-likeness (QED) is 0.418. The second kappa shape index (κ2) is 2.09. The molecule has 0 aliphatic heterocycles. The number of carbonyl (C=O) groups is 1. The van der Waals surface area contributed by atoms with Gasteiger partial charge in [-0.05, 0) is 30.3 Å². The predicted octanol–water partition coefficient (Wildman–Crippen LogP) is 1.76. The number of rotatable bonds is 1. The summed E-state index contributed by atoms with van der Waals surface area (Å²) >= 11 is 5.97. The van der Waals surface area contributed by atoms with Gasteiger partial charge in [0.05, 0.1) is 0 Å². The molecule has 2 heteroatoms. The van der Waals surface area contributed by atoms with E-state index in [0.29, 0.717) is 17.2 Å². The molecule has 0 amide bonds. The van der Waals surface area contributed by atoms with Crippen molar-refractivity contribution in [1.29, 1.82) is 0 Å². The molecule has 3 unspecified atom stereocenters. The van der Waals surface area contributed by atoms with Crippen molar-refractivity contribution in [2.45, 2.75) is 18.2 Å². The fourth-order valence-corrected chi connectivity index (χ4v) is 2.37. The first-order valence-electron chi connectivity index (χ1n) is 3.62. The maximum Gasteiger partial charge on any atom is 0.145 e. The first-order valence-corrected chi connectivity index (χ1v) is 4.06. The minimum absolute atomic E-state index is 0.300. The molecule has 1 nitrogen and oxygen atoms in total. The lowest BCUT2D eigenvalue weighted by Gasteiger charge is -2.11. The van der Waals surface area contributed by atoms with E-state index in [1.165, 1.54) is 0 Å². The van der Waals surface area contributed by atoms with Crippen molar-refractivity contribution in [1.82, 2.24) is 0 Å². The highest BCUT2D eigenvalue weighted by Gasteiger charge is 2.38. The Labute approximate surface area is 65.1 Å². The molecule has 0 radical (unpaired) electrons. The molecule has 0 spiro atoms. The fourth-order valence-electron chi connectivity index (χ4n) is 1.98. The second-order valence-electron chi connectivity index (χ2n) is 3.13. The van der Waals surface area contributed by atoms with Crippen LogP contribution in [0.1, 0.15) is 12.8 Å². The number of aldehydes is 1. The van der Waals surface area contributed by atoms with Gasteiger partial charge < -0.3 is 0 Å². The van der Waals surface area contributed by atoms with Crippen LogP contribution in [0.5, 0.6) is 0 Å². The third-order valence-corrected chi connectivity index (χ3v) is 3.05. The van der Waals surface area contributed by atoms with Crippen LogP contribution >= 0.6 is 11.6 Å². The summed E-state index contributed by atoms with van der Waals surface area (Å²) in [6.45, 7) is 0. The van der Waals surface area contributed by atoms with Crippen LogP contribution in [0.3, 0.4) is 0 Å². The predicted molar refractivity (Wildman–Crippen MR) is 40.0 cm³/mol. The van der Waals surface area contributed by atoms with Crippen LogP contribution in [0, 0.1) is 11.8 Å². The van der Waals surface area contributed by atoms with Crippen LogP contribution in [-0.4, -0.2) is 11.7 Å². The highest BCUT2D eigenvalue weighted by Crippen LogP contribution is 2.45. The Morgan fingerprint density at radius 1 is 1.60 bits per heavy atom. The molecule has 0 aromatic heterocycles. The molecule has 0 heterocycles. The molecule has 1 saturated carbocycles. The van der Waals surface area contributed by atoms with Crippen LogP contribution < -0.4 is 0 Å². The van der Waals surface area contributed by atoms with E-state index in [2.05, 4.69) is 0 Å². The van der Waals surface area contributed by atoms with E-state index in [-0.39, 0.29) is 0 Å². The standard InChI is InChI=1S/C8H9ClO/c9-8-3-5-1-6(8)2-7(5)4-10/h2,4-6,8H,1,3H2. The van der Waals surface area contributed by atoms with Crippen LogP contribution in [0.2, 0.25) is 0 Å². The van der Waals surface area contributed by atoms with Gasteiger partial charge in [0.15, 0.2) is 0 Å². The van der Waals surface area contributed by atoms with Gasteiger partial charge in [0.2, 0.25) is 0 Å². The van der Waals surface area contributed by atoms with Crippen LogP contribution in [0.25, 0.3) is 0 Å². The smallest absolute Gasteiger partial charge is 0.145 e. The third kappa shape index (κ3) is 0.734. The molecule has 10 heavy (non-hydrogen) atoms. The summed E-state index contributed by atoms with van der Waals surface area (Å²) in [7, 11) is 0. The number of fused-ring (bicyclic) bond motifs is 2. The molecular formula is C8H9ClO. The Morgan fingerprint density at radius 3 is 2.80 bits per heavy atom. The normalized spacial score (nSPS) is 43.7. The molecule has 1 fully saturated rings. The lowest BCUT2D eigenvalue weighted by Crippen LogP contribution is -2.08. The second-order valence-corrected chi connectivity index (χ2v) is 3.69. The summed E-state index contributed by atoms with van der Waals surface area (Å²) in [6.07, 6.45) is 5.14. The monoisotopic (exact) mass is 156 g/mol. The van der Waals surface area contributed by atoms with E-state index in [4.69, 9.17) is 11.6 Å². The molecule has 2 bridgehead atoms. The number of carbonyl (C=O) groups excluding carboxylic acids is 1. The first kappa shape index (κ1) is 6.41. The van der Waals surface area contributed by atoms with Gasteiger partial charge in [-0.25, -0.2) is 0 Å². The lowest BCUT2D eigenvalue weighted by molar-refractivity contribution is -0.105. The summed E-state index contributed by atoms with van der Waals surface area (Å²) in [4.78, 5) is 10.4. The van der Waals surface area contributed by atoms with Gasteiger partial charge in [0.25, 0.3) is 0 Å². The van der Waals surface area contributed by atoms with Crippen LogP contribution in [0.4, 0.5) is 0 Å². The van der Waals surface area contributed by atoms with Crippen LogP contribution in [0.15, 0.2) is 11.6 Å². The number of allylic oxidation sites excluding steroid dienone is 2. The van der Waals surface area contributed by atoms with Gasteiger partial charge >= 0.3 is 0 Å². The van der Waals surface area contributed by atoms with Gasteiger partial charge in [-0.2, -0.15) is 0 Å². The Kier molecular flexibility index (Phi) is 1.34. The Bertz CT molecular complexity index is 197. The molecule has 0 aromatic carbocycles. The zero-order valence-corrected chi connectivity index (χ0v) is 6.34. The van der Waals surface area contributed by atoms with Gasteiger partial charge in [-0.15, -0.1) is 11.6 Å². The van der Waals surface area contributed by atoms with Gasteiger partial charge in [0.1, 0.15) is 6.29 Å². The zero-order chi connectivity index (χ0) is 7.14. The zero-order valence-electron chi connectivity index (χ0n) is 5.59. The fraction of sp³-hybridized carbons (Fsp3) is 0.625. The molecule has 54 valence electrons. The minimum Gasteiger partial charge on any atom is -0.298 e. The van der Waals surface area contributed by atoms with Gasteiger partial charge in [0, 0.05) is 5.38 Å². The van der Waals surface area contributed by atoms with Crippen molar-refractivity contribution in [3.05, 3.63) is 11.6 Å². The molecule has 2 rings (SSSR count). The number of halogens is 1. The van der Waals surface area contributed by atoms with Gasteiger partial charge in [-0.1, -0.05) is 6.08 Å². The number of hydrogen-bond acceptors (Lipinski definition) is 1. The van der Waals surface area contributed by atoms with E-state index in [1.807, 2.05) is 6.08 Å². The van der Waals surface area contributed by atoms with Crippen LogP contribution in [-0.2, 0) is 4.79 Å². The summed E-state index contributed by atoms with van der Waals surface area (Å²) < 4.78 is 0. The van der Waals surface area contributed by atoms with Crippen molar-refractivity contribution in [3.63, 3.8) is 0 Å². The minimum atomic E-state index is 0.300. The largest absolute Gasteiger partial charge is 0.298 e. The average Bonchev–Trinajstić information content (AvgIpc) is 2.44. The van der Waals surface area contributed by atoms with Crippen molar-refractivity contribution >= 4 is 17.9 Å². The first-order chi connectivity index (χ1) is 4.81.